The summed E-state index contributed by atoms with van der Waals surface area (Å²) in [5.74, 6) is 0.506. The lowest BCUT2D eigenvalue weighted by Crippen LogP contribution is -2.57. The number of aromatic amines is 1. The molecule has 1 aliphatic heterocycles. The van der Waals surface area contributed by atoms with Gasteiger partial charge in [-0.25, -0.2) is 4.98 Å². The molecule has 1 unspecified atom stereocenters. The van der Waals surface area contributed by atoms with Gasteiger partial charge in [0.15, 0.2) is 5.52 Å². The van der Waals surface area contributed by atoms with Crippen LogP contribution in [0.3, 0.4) is 0 Å². The standard InChI is InChI=1S/C16H17N5O3/c1-16(2)7-21(13(16)9-5-4-6-24-9)15(23)12-10-11(18-19-12)14(22)20(3)8-17-10/h4-6,8,13H,7H2,1-3H3,(H,18,19). The van der Waals surface area contributed by atoms with Crippen LogP contribution in [-0.4, -0.2) is 37.1 Å². The Bertz CT molecular complexity index is 983. The first-order valence-electron chi connectivity index (χ1n) is 7.64. The van der Waals surface area contributed by atoms with E-state index in [1.807, 2.05) is 12.1 Å². The number of rotatable bonds is 2. The van der Waals surface area contributed by atoms with Gasteiger partial charge in [-0.15, -0.1) is 0 Å². The van der Waals surface area contributed by atoms with Crippen molar-refractivity contribution in [2.45, 2.75) is 19.9 Å². The van der Waals surface area contributed by atoms with Crippen LogP contribution in [0.5, 0.6) is 0 Å². The highest BCUT2D eigenvalue weighted by Crippen LogP contribution is 2.49. The van der Waals surface area contributed by atoms with E-state index < -0.39 is 0 Å². The van der Waals surface area contributed by atoms with Gasteiger partial charge < -0.3 is 13.9 Å². The number of amides is 1. The van der Waals surface area contributed by atoms with E-state index in [2.05, 4.69) is 29.0 Å². The number of aromatic nitrogens is 4. The van der Waals surface area contributed by atoms with Crippen LogP contribution < -0.4 is 5.56 Å². The summed E-state index contributed by atoms with van der Waals surface area (Å²) in [5.41, 5.74) is 0.313. The van der Waals surface area contributed by atoms with E-state index >= 15 is 0 Å². The number of likely N-dealkylation sites (tertiary alicyclic amines) is 1. The van der Waals surface area contributed by atoms with Crippen molar-refractivity contribution in [2.24, 2.45) is 12.5 Å². The maximum absolute atomic E-state index is 13.0. The molecule has 4 heterocycles. The lowest BCUT2D eigenvalue weighted by atomic mass is 9.73. The summed E-state index contributed by atoms with van der Waals surface area (Å²) >= 11 is 0. The van der Waals surface area contributed by atoms with Crippen molar-refractivity contribution < 1.29 is 9.21 Å². The first-order chi connectivity index (χ1) is 11.4. The number of H-pyrrole nitrogens is 1. The summed E-state index contributed by atoms with van der Waals surface area (Å²) in [5, 5.41) is 6.65. The van der Waals surface area contributed by atoms with Gasteiger partial charge in [-0.2, -0.15) is 5.10 Å². The number of hydrogen-bond donors (Lipinski definition) is 1. The Morgan fingerprint density at radius 1 is 1.42 bits per heavy atom. The molecule has 124 valence electrons. The summed E-state index contributed by atoms with van der Waals surface area (Å²) in [7, 11) is 1.59. The van der Waals surface area contributed by atoms with E-state index in [0.717, 1.165) is 5.76 Å². The van der Waals surface area contributed by atoms with E-state index in [4.69, 9.17) is 4.42 Å². The number of carbonyl (C=O) groups excluding carboxylic acids is 1. The number of aryl methyl sites for hydroxylation is 1. The summed E-state index contributed by atoms with van der Waals surface area (Å²) in [6.45, 7) is 4.76. The molecule has 0 bridgehead atoms. The second-order valence-electron chi connectivity index (χ2n) is 6.80. The molecule has 3 aromatic heterocycles. The van der Waals surface area contributed by atoms with Crippen LogP contribution in [-0.2, 0) is 7.05 Å². The van der Waals surface area contributed by atoms with E-state index in [9.17, 15) is 9.59 Å². The van der Waals surface area contributed by atoms with Gasteiger partial charge in [0.05, 0.1) is 18.6 Å². The van der Waals surface area contributed by atoms with Crippen LogP contribution in [0.1, 0.15) is 36.1 Å². The lowest BCUT2D eigenvalue weighted by Gasteiger charge is -2.52. The number of nitrogens with zero attached hydrogens (tertiary/aromatic N) is 4. The van der Waals surface area contributed by atoms with Crippen molar-refractivity contribution >= 4 is 16.9 Å². The number of fused-ring (bicyclic) bond motifs is 1. The lowest BCUT2D eigenvalue weighted by molar-refractivity contribution is -0.0420. The molecule has 0 spiro atoms. The third-order valence-corrected chi connectivity index (χ3v) is 4.54. The van der Waals surface area contributed by atoms with Gasteiger partial charge in [0.2, 0.25) is 0 Å². The topological polar surface area (TPSA) is 97.0 Å². The Morgan fingerprint density at radius 2 is 2.21 bits per heavy atom. The fourth-order valence-corrected chi connectivity index (χ4v) is 3.37. The molecule has 4 rings (SSSR count). The monoisotopic (exact) mass is 327 g/mol. The number of hydrogen-bond acceptors (Lipinski definition) is 5. The quantitative estimate of drug-likeness (QED) is 0.769. The molecule has 0 aromatic carbocycles. The van der Waals surface area contributed by atoms with Crippen molar-refractivity contribution in [2.75, 3.05) is 6.54 Å². The Morgan fingerprint density at radius 3 is 2.88 bits per heavy atom. The average Bonchev–Trinajstić information content (AvgIpc) is 3.18. The van der Waals surface area contributed by atoms with Crippen molar-refractivity contribution in [3.8, 4) is 0 Å². The Balaban J connectivity index is 1.75. The molecule has 0 saturated carbocycles. The van der Waals surface area contributed by atoms with Gasteiger partial charge in [0, 0.05) is 19.0 Å². The van der Waals surface area contributed by atoms with Crippen LogP contribution in [0, 0.1) is 5.41 Å². The second kappa shape index (κ2) is 4.80. The summed E-state index contributed by atoms with van der Waals surface area (Å²) < 4.78 is 6.83. The number of nitrogens with one attached hydrogen (secondary N) is 1. The molecule has 0 aliphatic carbocycles. The van der Waals surface area contributed by atoms with Gasteiger partial charge in [-0.3, -0.25) is 14.7 Å². The first-order valence-corrected chi connectivity index (χ1v) is 7.64. The van der Waals surface area contributed by atoms with Gasteiger partial charge in [-0.05, 0) is 12.1 Å². The highest BCUT2D eigenvalue weighted by Gasteiger charge is 2.51. The van der Waals surface area contributed by atoms with E-state index in [0.29, 0.717) is 12.1 Å². The van der Waals surface area contributed by atoms with Gasteiger partial charge in [-0.1, -0.05) is 13.8 Å². The number of carbonyl (C=O) groups is 1. The largest absolute Gasteiger partial charge is 0.467 e. The van der Waals surface area contributed by atoms with Crippen LogP contribution >= 0.6 is 0 Å². The predicted octanol–water partition coefficient (Wildman–Crippen LogP) is 1.47. The third kappa shape index (κ3) is 1.92. The fourth-order valence-electron chi connectivity index (χ4n) is 3.37. The van der Waals surface area contributed by atoms with E-state index in [1.165, 1.54) is 10.9 Å². The number of furan rings is 1. The molecular weight excluding hydrogens is 310 g/mol. The first kappa shape index (κ1) is 14.7. The Labute approximate surface area is 137 Å². The molecule has 8 heteroatoms. The van der Waals surface area contributed by atoms with E-state index in [-0.39, 0.29) is 34.1 Å². The average molecular weight is 327 g/mol. The SMILES string of the molecule is Cn1cnc2c(C(=O)N3CC(C)(C)C3c3ccco3)[nH]nc2c1=O. The normalized spacial score (nSPS) is 19.5. The van der Waals surface area contributed by atoms with E-state index in [1.54, 1.807) is 18.2 Å². The summed E-state index contributed by atoms with van der Waals surface area (Å²) in [4.78, 5) is 30.9. The second-order valence-corrected chi connectivity index (χ2v) is 6.80. The maximum atomic E-state index is 13.0. The molecule has 1 aliphatic rings. The smallest absolute Gasteiger partial charge is 0.281 e. The molecule has 24 heavy (non-hydrogen) atoms. The van der Waals surface area contributed by atoms with Crippen LogP contribution in [0.4, 0.5) is 0 Å². The molecule has 1 saturated heterocycles. The highest BCUT2D eigenvalue weighted by atomic mass is 16.3. The maximum Gasteiger partial charge on any atom is 0.281 e. The minimum atomic E-state index is -0.290. The zero-order valence-electron chi connectivity index (χ0n) is 13.6. The minimum Gasteiger partial charge on any atom is -0.467 e. The summed E-state index contributed by atoms with van der Waals surface area (Å²) in [6.07, 6.45) is 2.99. The van der Waals surface area contributed by atoms with Crippen molar-refractivity contribution in [3.63, 3.8) is 0 Å². The van der Waals surface area contributed by atoms with Gasteiger partial charge in [0.1, 0.15) is 17.0 Å². The van der Waals surface area contributed by atoms with Gasteiger partial charge in [0.25, 0.3) is 11.5 Å². The molecule has 1 N–H and O–H groups in total. The minimum absolute atomic E-state index is 0.0904. The third-order valence-electron chi connectivity index (χ3n) is 4.54. The van der Waals surface area contributed by atoms with Crippen LogP contribution in [0.25, 0.3) is 11.0 Å². The van der Waals surface area contributed by atoms with Crippen LogP contribution in [0.2, 0.25) is 0 Å². The Hall–Kier alpha value is -2.90. The van der Waals surface area contributed by atoms with Gasteiger partial charge >= 0.3 is 0 Å². The highest BCUT2D eigenvalue weighted by molar-refractivity contribution is 6.03. The fraction of sp³-hybridized carbons (Fsp3) is 0.375. The van der Waals surface area contributed by atoms with Crippen LogP contribution in [0.15, 0.2) is 33.9 Å². The Kier molecular flexibility index (Phi) is 2.93. The molecule has 1 atom stereocenters. The summed E-state index contributed by atoms with van der Waals surface area (Å²) in [6, 6.07) is 3.51. The molecule has 3 aromatic rings. The van der Waals surface area contributed by atoms with Crippen molar-refractivity contribution in [3.05, 3.63) is 46.5 Å². The molecule has 0 radical (unpaired) electrons. The predicted molar refractivity (Wildman–Crippen MR) is 85.4 cm³/mol. The molecular formula is C16H17N5O3. The molecule has 1 fully saturated rings. The molecule has 1 amide bonds. The zero-order chi connectivity index (χ0) is 17.1. The van der Waals surface area contributed by atoms with Crippen molar-refractivity contribution in [1.29, 1.82) is 0 Å². The zero-order valence-corrected chi connectivity index (χ0v) is 13.6. The van der Waals surface area contributed by atoms with Crippen molar-refractivity contribution in [1.82, 2.24) is 24.6 Å². The molecule has 8 nitrogen and oxygen atoms in total.